The molecule has 0 aliphatic carbocycles. The number of methoxy groups -OCH3 is 1. The van der Waals surface area contributed by atoms with Gasteiger partial charge in [-0.2, -0.15) is 0 Å². The van der Waals surface area contributed by atoms with Gasteiger partial charge in [-0.1, -0.05) is 19.1 Å². The van der Waals surface area contributed by atoms with E-state index in [0.29, 0.717) is 22.8 Å². The van der Waals surface area contributed by atoms with E-state index in [0.717, 1.165) is 12.1 Å². The number of nitrogen functional groups attached to an aromatic ring is 1. The van der Waals surface area contributed by atoms with E-state index in [2.05, 4.69) is 4.98 Å². The summed E-state index contributed by atoms with van der Waals surface area (Å²) in [7, 11) is 3.29. The molecular weight excluding hydrogens is 266 g/mol. The van der Waals surface area contributed by atoms with Crippen LogP contribution in [0, 0.1) is 0 Å². The average molecular weight is 285 g/mol. The van der Waals surface area contributed by atoms with Crippen LogP contribution in [0.5, 0.6) is 5.75 Å². The van der Waals surface area contributed by atoms with Crippen molar-refractivity contribution >= 4 is 17.4 Å². The average Bonchev–Trinajstić information content (AvgIpc) is 2.52. The third-order valence-electron chi connectivity index (χ3n) is 3.26. The van der Waals surface area contributed by atoms with Crippen molar-refractivity contribution in [1.29, 1.82) is 0 Å². The lowest BCUT2D eigenvalue weighted by Gasteiger charge is -2.20. The number of para-hydroxylation sites is 2. The number of benzene rings is 1. The second kappa shape index (κ2) is 6.26. The molecule has 1 heterocycles. The highest BCUT2D eigenvalue weighted by molar-refractivity contribution is 6.06. The largest absolute Gasteiger partial charge is 0.495 e. The minimum atomic E-state index is -0.150. The number of amides is 1. The third kappa shape index (κ3) is 3.13. The van der Waals surface area contributed by atoms with Crippen LogP contribution in [0.4, 0.5) is 11.5 Å². The van der Waals surface area contributed by atoms with Crippen LogP contribution in [0.1, 0.15) is 23.0 Å². The zero-order chi connectivity index (χ0) is 15.4. The number of carbonyl (C=O) groups excluding carboxylic acids is 1. The molecular formula is C16H19N3O2. The van der Waals surface area contributed by atoms with E-state index in [1.165, 1.54) is 0 Å². The van der Waals surface area contributed by atoms with E-state index in [1.54, 1.807) is 31.2 Å². The van der Waals surface area contributed by atoms with Crippen molar-refractivity contribution in [2.24, 2.45) is 0 Å². The number of anilines is 2. The molecule has 1 amide bonds. The van der Waals surface area contributed by atoms with Crippen molar-refractivity contribution in [3.63, 3.8) is 0 Å². The Morgan fingerprint density at radius 3 is 2.71 bits per heavy atom. The molecule has 0 bridgehead atoms. The Balaban J connectivity index is 2.37. The minimum absolute atomic E-state index is 0.150. The van der Waals surface area contributed by atoms with Crippen molar-refractivity contribution in [2.75, 3.05) is 24.8 Å². The lowest BCUT2D eigenvalue weighted by Crippen LogP contribution is -2.27. The summed E-state index contributed by atoms with van der Waals surface area (Å²) in [6.07, 6.45) is 0.726. The fourth-order valence-corrected chi connectivity index (χ4v) is 2.13. The Hall–Kier alpha value is -2.56. The number of nitrogens with zero attached hydrogens (tertiary/aromatic N) is 2. The Bertz CT molecular complexity index is 656. The molecule has 2 aromatic rings. The Labute approximate surface area is 124 Å². The van der Waals surface area contributed by atoms with E-state index in [-0.39, 0.29) is 5.91 Å². The molecule has 0 fully saturated rings. The fourth-order valence-electron chi connectivity index (χ4n) is 2.13. The maximum Gasteiger partial charge on any atom is 0.258 e. The molecule has 0 unspecified atom stereocenters. The number of hydrogen-bond donors (Lipinski definition) is 1. The van der Waals surface area contributed by atoms with Gasteiger partial charge in [0.15, 0.2) is 0 Å². The molecule has 0 atom stereocenters. The van der Waals surface area contributed by atoms with Gasteiger partial charge in [0.05, 0.1) is 12.8 Å². The Morgan fingerprint density at radius 1 is 1.33 bits per heavy atom. The summed E-state index contributed by atoms with van der Waals surface area (Å²) in [4.78, 5) is 18.4. The molecule has 110 valence electrons. The highest BCUT2D eigenvalue weighted by Crippen LogP contribution is 2.27. The van der Waals surface area contributed by atoms with Crippen LogP contribution in [0.2, 0.25) is 0 Å². The fraction of sp³-hybridized carbons (Fsp3) is 0.250. The van der Waals surface area contributed by atoms with Crippen LogP contribution in [-0.4, -0.2) is 25.0 Å². The zero-order valence-corrected chi connectivity index (χ0v) is 12.5. The molecule has 1 aromatic carbocycles. The molecule has 1 aromatic heterocycles. The first-order chi connectivity index (χ1) is 10.1. The first kappa shape index (κ1) is 14.8. The van der Waals surface area contributed by atoms with Crippen molar-refractivity contribution in [3.05, 3.63) is 47.7 Å². The number of carbonyl (C=O) groups is 1. The number of aryl methyl sites for hydroxylation is 1. The maximum atomic E-state index is 12.6. The second-order valence-corrected chi connectivity index (χ2v) is 4.66. The topological polar surface area (TPSA) is 68.5 Å². The van der Waals surface area contributed by atoms with E-state index in [1.807, 2.05) is 31.2 Å². The number of pyridine rings is 1. The van der Waals surface area contributed by atoms with Crippen LogP contribution in [0.25, 0.3) is 0 Å². The van der Waals surface area contributed by atoms with E-state index in [4.69, 9.17) is 10.5 Å². The number of rotatable bonds is 4. The minimum Gasteiger partial charge on any atom is -0.495 e. The SMILES string of the molecule is CCc1cc(C(=O)N(C)c2ccccc2OC)cc(N)n1. The molecule has 0 saturated heterocycles. The van der Waals surface area contributed by atoms with Gasteiger partial charge >= 0.3 is 0 Å². The summed E-state index contributed by atoms with van der Waals surface area (Å²) < 4.78 is 5.29. The number of aromatic nitrogens is 1. The van der Waals surface area contributed by atoms with Gasteiger partial charge in [-0.25, -0.2) is 4.98 Å². The third-order valence-corrected chi connectivity index (χ3v) is 3.26. The van der Waals surface area contributed by atoms with Crippen molar-refractivity contribution in [1.82, 2.24) is 4.98 Å². The van der Waals surface area contributed by atoms with E-state index >= 15 is 0 Å². The number of hydrogen-bond acceptors (Lipinski definition) is 4. The van der Waals surface area contributed by atoms with Gasteiger partial charge in [-0.3, -0.25) is 4.79 Å². The highest BCUT2D eigenvalue weighted by atomic mass is 16.5. The van der Waals surface area contributed by atoms with Crippen LogP contribution in [-0.2, 0) is 6.42 Å². The second-order valence-electron chi connectivity index (χ2n) is 4.66. The number of ether oxygens (including phenoxy) is 1. The monoisotopic (exact) mass is 285 g/mol. The molecule has 2 rings (SSSR count). The number of nitrogens with two attached hydrogens (primary N) is 1. The van der Waals surface area contributed by atoms with Gasteiger partial charge in [-0.15, -0.1) is 0 Å². The summed E-state index contributed by atoms with van der Waals surface area (Å²) >= 11 is 0. The molecule has 21 heavy (non-hydrogen) atoms. The molecule has 0 saturated carbocycles. The normalized spacial score (nSPS) is 10.2. The first-order valence-electron chi connectivity index (χ1n) is 6.74. The first-order valence-corrected chi connectivity index (χ1v) is 6.74. The molecule has 0 aliphatic heterocycles. The molecule has 0 radical (unpaired) electrons. The van der Waals surface area contributed by atoms with Gasteiger partial charge < -0.3 is 15.4 Å². The van der Waals surface area contributed by atoms with E-state index in [9.17, 15) is 4.79 Å². The predicted molar refractivity (Wildman–Crippen MR) is 83.8 cm³/mol. The quantitative estimate of drug-likeness (QED) is 0.937. The smallest absolute Gasteiger partial charge is 0.258 e. The van der Waals surface area contributed by atoms with Gasteiger partial charge in [0, 0.05) is 18.3 Å². The lowest BCUT2D eigenvalue weighted by atomic mass is 10.1. The van der Waals surface area contributed by atoms with Gasteiger partial charge in [-0.05, 0) is 30.7 Å². The summed E-state index contributed by atoms with van der Waals surface area (Å²) in [6.45, 7) is 1.97. The summed E-state index contributed by atoms with van der Waals surface area (Å²) in [6, 6.07) is 10.7. The molecule has 0 aliphatic rings. The van der Waals surface area contributed by atoms with Gasteiger partial charge in [0.25, 0.3) is 5.91 Å². The van der Waals surface area contributed by atoms with E-state index < -0.39 is 0 Å². The Morgan fingerprint density at radius 2 is 2.05 bits per heavy atom. The van der Waals surface area contributed by atoms with Crippen LogP contribution < -0.4 is 15.4 Å². The van der Waals surface area contributed by atoms with Gasteiger partial charge in [0.1, 0.15) is 11.6 Å². The molecule has 5 heteroatoms. The Kier molecular flexibility index (Phi) is 4.42. The molecule has 0 spiro atoms. The summed E-state index contributed by atoms with van der Waals surface area (Å²) in [5.41, 5.74) is 7.79. The summed E-state index contributed by atoms with van der Waals surface area (Å²) in [5, 5.41) is 0. The van der Waals surface area contributed by atoms with Crippen LogP contribution >= 0.6 is 0 Å². The van der Waals surface area contributed by atoms with Gasteiger partial charge in [0.2, 0.25) is 0 Å². The lowest BCUT2D eigenvalue weighted by molar-refractivity contribution is 0.0992. The van der Waals surface area contributed by atoms with Crippen LogP contribution in [0.3, 0.4) is 0 Å². The van der Waals surface area contributed by atoms with Crippen molar-refractivity contribution in [2.45, 2.75) is 13.3 Å². The van der Waals surface area contributed by atoms with Crippen molar-refractivity contribution in [3.8, 4) is 5.75 Å². The standard InChI is InChI=1S/C16H19N3O2/c1-4-12-9-11(10-15(17)18-12)16(20)19(2)13-7-5-6-8-14(13)21-3/h5-10H,4H2,1-3H3,(H2,17,18). The molecule has 5 nitrogen and oxygen atoms in total. The molecule has 2 N–H and O–H groups in total. The van der Waals surface area contributed by atoms with Crippen LogP contribution in [0.15, 0.2) is 36.4 Å². The summed E-state index contributed by atoms with van der Waals surface area (Å²) in [5.74, 6) is 0.848. The maximum absolute atomic E-state index is 12.6. The predicted octanol–water partition coefficient (Wildman–Crippen LogP) is 2.51. The zero-order valence-electron chi connectivity index (χ0n) is 12.5. The van der Waals surface area contributed by atoms with Crippen molar-refractivity contribution < 1.29 is 9.53 Å². The highest BCUT2D eigenvalue weighted by Gasteiger charge is 2.17.